The summed E-state index contributed by atoms with van der Waals surface area (Å²) in [5.74, 6) is -3.96. The third-order valence-corrected chi connectivity index (χ3v) is 9.97. The van der Waals surface area contributed by atoms with Crippen molar-refractivity contribution in [3.05, 3.63) is 53.9 Å². The van der Waals surface area contributed by atoms with Crippen molar-refractivity contribution >= 4 is 27.7 Å². The predicted octanol–water partition coefficient (Wildman–Crippen LogP) is 8.85. The molecule has 1 aliphatic heterocycles. The van der Waals surface area contributed by atoms with Crippen molar-refractivity contribution in [1.82, 2.24) is 15.6 Å². The standard InChI is InChI=1S/C31H38F10N4O3S/c1-48-22-17-26(43-18-22)29(47)45(21-7-9-23(10-8-21)49(37,38,39,40)41)27(24-19-42-16-13-25(24)31(34,35)36)5-3-2-4-6-28(46)44-20-11-14-30(32,33)15-12-20/h7-10,13,16,19-20,22,26-27,43H,2-6,11-12,14-15,17-18H2,1H3,(H,44,46)/t22-,26-,27?/m1/s1. The van der Waals surface area contributed by atoms with Gasteiger partial charge in [-0.2, -0.15) is 13.2 Å². The number of methoxy groups -OCH3 is 1. The maximum absolute atomic E-state index is 14.3. The van der Waals surface area contributed by atoms with E-state index in [0.29, 0.717) is 18.2 Å². The summed E-state index contributed by atoms with van der Waals surface area (Å²) in [6.45, 7) is 0.195. The Morgan fingerprint density at radius 3 is 2.27 bits per heavy atom. The van der Waals surface area contributed by atoms with Gasteiger partial charge in [-0.1, -0.05) is 32.3 Å². The molecular formula is C31H38F10N4O3S. The molecule has 1 aromatic carbocycles. The van der Waals surface area contributed by atoms with Crippen molar-refractivity contribution in [2.75, 3.05) is 18.6 Å². The minimum Gasteiger partial charge on any atom is -0.380 e. The Labute approximate surface area is 276 Å². The summed E-state index contributed by atoms with van der Waals surface area (Å²) in [5.41, 5.74) is -1.97. The van der Waals surface area contributed by atoms with Gasteiger partial charge in [0.1, 0.15) is 4.90 Å². The number of amides is 2. The monoisotopic (exact) mass is 736 g/mol. The van der Waals surface area contributed by atoms with E-state index in [2.05, 4.69) is 15.6 Å². The number of ether oxygens (including phenoxy) is 1. The molecule has 2 heterocycles. The second kappa shape index (κ2) is 13.9. The highest BCUT2D eigenvalue weighted by atomic mass is 32.5. The van der Waals surface area contributed by atoms with Crippen LogP contribution >= 0.6 is 10.2 Å². The average molecular weight is 737 g/mol. The first-order valence-electron chi connectivity index (χ1n) is 15.7. The van der Waals surface area contributed by atoms with Gasteiger partial charge in [0.15, 0.2) is 0 Å². The molecular weight excluding hydrogens is 698 g/mol. The van der Waals surface area contributed by atoms with Crippen molar-refractivity contribution in [3.63, 3.8) is 0 Å². The quantitative estimate of drug-likeness (QED) is 0.159. The van der Waals surface area contributed by atoms with Gasteiger partial charge in [0.25, 0.3) is 0 Å². The van der Waals surface area contributed by atoms with Crippen LogP contribution in [0.5, 0.6) is 0 Å². The largest absolute Gasteiger partial charge is 0.416 e. The lowest BCUT2D eigenvalue weighted by Crippen LogP contribution is -2.46. The molecule has 1 saturated heterocycles. The number of rotatable bonds is 13. The van der Waals surface area contributed by atoms with Crippen LogP contribution in [0.25, 0.3) is 0 Å². The smallest absolute Gasteiger partial charge is 0.380 e. The number of anilines is 1. The first-order valence-corrected chi connectivity index (χ1v) is 17.6. The summed E-state index contributed by atoms with van der Waals surface area (Å²) < 4.78 is 143. The Morgan fingerprint density at radius 1 is 1.04 bits per heavy atom. The Balaban J connectivity index is 1.61. The number of hydrogen-bond acceptors (Lipinski definition) is 5. The van der Waals surface area contributed by atoms with E-state index in [9.17, 15) is 51.0 Å². The molecule has 2 aromatic rings. The van der Waals surface area contributed by atoms with E-state index in [0.717, 1.165) is 17.3 Å². The minimum atomic E-state index is -10.1. The van der Waals surface area contributed by atoms with Gasteiger partial charge in [-0.3, -0.25) is 14.6 Å². The maximum atomic E-state index is 14.3. The zero-order chi connectivity index (χ0) is 36.3. The summed E-state index contributed by atoms with van der Waals surface area (Å²) in [6.07, 6.45) is -3.45. The summed E-state index contributed by atoms with van der Waals surface area (Å²) >= 11 is 0. The zero-order valence-corrected chi connectivity index (χ0v) is 27.3. The molecule has 1 aliphatic carbocycles. The van der Waals surface area contributed by atoms with E-state index in [-0.39, 0.29) is 94.5 Å². The van der Waals surface area contributed by atoms with Crippen molar-refractivity contribution in [3.8, 4) is 0 Å². The van der Waals surface area contributed by atoms with Crippen LogP contribution in [0.3, 0.4) is 0 Å². The van der Waals surface area contributed by atoms with Crippen molar-refractivity contribution in [2.24, 2.45) is 0 Å². The molecule has 7 nitrogen and oxygen atoms in total. The van der Waals surface area contributed by atoms with Gasteiger partial charge in [-0.05, 0) is 62.4 Å². The fourth-order valence-electron chi connectivity index (χ4n) is 6.20. The Morgan fingerprint density at radius 2 is 1.69 bits per heavy atom. The molecule has 49 heavy (non-hydrogen) atoms. The number of alkyl halides is 5. The molecule has 2 amide bonds. The number of benzene rings is 1. The summed E-state index contributed by atoms with van der Waals surface area (Å²) in [6, 6.07) is -0.770. The van der Waals surface area contributed by atoms with Crippen LogP contribution in [0.1, 0.15) is 81.4 Å². The number of nitrogens with one attached hydrogen (secondary N) is 2. The normalized spacial score (nSPS) is 22.2. The Kier molecular flexibility index (Phi) is 11.0. The third-order valence-electron chi connectivity index (χ3n) is 8.81. The highest BCUT2D eigenvalue weighted by Gasteiger charge is 2.65. The van der Waals surface area contributed by atoms with Crippen LogP contribution in [0.4, 0.5) is 47.1 Å². The number of hydrogen-bond donors (Lipinski definition) is 2. The lowest BCUT2D eigenvalue weighted by Gasteiger charge is -2.41. The minimum absolute atomic E-state index is 0.00113. The van der Waals surface area contributed by atoms with Crippen molar-refractivity contribution in [1.29, 1.82) is 0 Å². The number of halogens is 10. The molecule has 0 bridgehead atoms. The molecule has 0 radical (unpaired) electrons. The van der Waals surface area contributed by atoms with Crippen molar-refractivity contribution < 1.29 is 55.7 Å². The van der Waals surface area contributed by atoms with Gasteiger partial charge < -0.3 is 20.3 Å². The number of pyridine rings is 1. The molecule has 4 rings (SSSR count). The van der Waals surface area contributed by atoms with E-state index >= 15 is 0 Å². The second-order valence-corrected chi connectivity index (χ2v) is 14.9. The fourth-order valence-corrected chi connectivity index (χ4v) is 6.85. The van der Waals surface area contributed by atoms with Gasteiger partial charge in [-0.25, -0.2) is 8.78 Å². The molecule has 2 aliphatic rings. The zero-order valence-electron chi connectivity index (χ0n) is 26.4. The van der Waals surface area contributed by atoms with Crippen LogP contribution in [-0.2, 0) is 20.5 Å². The first-order chi connectivity index (χ1) is 22.6. The molecule has 1 unspecified atom stereocenters. The van der Waals surface area contributed by atoms with Crippen LogP contribution in [0.15, 0.2) is 47.6 Å². The Hall–Kier alpha value is -3.12. The first kappa shape index (κ1) is 38.7. The van der Waals surface area contributed by atoms with Crippen LogP contribution < -0.4 is 15.5 Å². The third kappa shape index (κ3) is 10.4. The molecule has 0 spiro atoms. The van der Waals surface area contributed by atoms with Gasteiger partial charge in [0.05, 0.1) is 23.8 Å². The average Bonchev–Trinajstić information content (AvgIpc) is 3.49. The molecule has 18 heteroatoms. The predicted molar refractivity (Wildman–Crippen MR) is 163 cm³/mol. The van der Waals surface area contributed by atoms with E-state index in [1.807, 2.05) is 0 Å². The van der Waals surface area contributed by atoms with Crippen LogP contribution in [0, 0.1) is 0 Å². The lowest BCUT2D eigenvalue weighted by atomic mass is 9.92. The van der Waals surface area contributed by atoms with Crippen LogP contribution in [-0.4, -0.2) is 54.6 Å². The molecule has 276 valence electrons. The molecule has 2 N–H and O–H groups in total. The van der Waals surface area contributed by atoms with Crippen molar-refractivity contribution in [2.45, 2.75) is 105 Å². The van der Waals surface area contributed by atoms with Gasteiger partial charge in [-0.15, -0.1) is 0 Å². The molecule has 2 fully saturated rings. The van der Waals surface area contributed by atoms with Gasteiger partial charge >= 0.3 is 16.4 Å². The summed E-state index contributed by atoms with van der Waals surface area (Å²) in [4.78, 5) is 28.9. The SMILES string of the molecule is CO[C@H]1CN[C@@H](C(=O)N(c2ccc(S(F)(F)(F)(F)F)cc2)C(CCCCCC(=O)NC2CCC(F)(F)CC2)c2cnccc2C(F)(F)F)C1. The van der Waals surface area contributed by atoms with E-state index in [4.69, 9.17) is 4.74 Å². The second-order valence-electron chi connectivity index (χ2n) is 12.5. The summed E-state index contributed by atoms with van der Waals surface area (Å²) in [7, 11) is -8.74. The summed E-state index contributed by atoms with van der Waals surface area (Å²) in [5, 5.41) is 5.61. The maximum Gasteiger partial charge on any atom is 0.416 e. The molecule has 1 saturated carbocycles. The topological polar surface area (TPSA) is 83.6 Å². The molecule has 1 aromatic heterocycles. The van der Waals surface area contributed by atoms with E-state index < -0.39 is 68.5 Å². The van der Waals surface area contributed by atoms with E-state index in [1.165, 1.54) is 7.11 Å². The van der Waals surface area contributed by atoms with Gasteiger partial charge in [0, 0.05) is 62.6 Å². The Bertz CT molecular complexity index is 1470. The van der Waals surface area contributed by atoms with Gasteiger partial charge in [0.2, 0.25) is 17.7 Å². The number of carbonyl (C=O) groups excluding carboxylic acids is 2. The highest BCUT2D eigenvalue weighted by molar-refractivity contribution is 8.45. The fraction of sp³-hybridized carbons (Fsp3) is 0.581. The number of carbonyl (C=O) groups is 2. The van der Waals surface area contributed by atoms with Crippen LogP contribution in [0.2, 0.25) is 0 Å². The highest BCUT2D eigenvalue weighted by Crippen LogP contribution is 3.02. The molecule has 3 atom stereocenters. The van der Waals surface area contributed by atoms with E-state index in [1.54, 1.807) is 0 Å². The lowest BCUT2D eigenvalue weighted by molar-refractivity contribution is -0.138. The number of nitrogens with zero attached hydrogens (tertiary/aromatic N) is 2. The number of aromatic nitrogens is 1. The number of unbranched alkanes of at least 4 members (excludes halogenated alkanes) is 2.